The number of ether oxygens (including phenoxy) is 1. The van der Waals surface area contributed by atoms with Crippen LogP contribution in [0.2, 0.25) is 0 Å². The summed E-state index contributed by atoms with van der Waals surface area (Å²) in [5, 5.41) is 6.04. The van der Waals surface area contributed by atoms with Gasteiger partial charge in [-0.2, -0.15) is 0 Å². The van der Waals surface area contributed by atoms with Crippen LogP contribution in [-0.2, 0) is 16.1 Å². The number of hydrogen-bond donors (Lipinski definition) is 1. The van der Waals surface area contributed by atoms with Gasteiger partial charge in [-0.1, -0.05) is 6.07 Å². The third-order valence-electron chi connectivity index (χ3n) is 3.57. The molecule has 118 valence electrons. The number of carbonyl (C=O) groups excluding carboxylic acids is 1. The zero-order chi connectivity index (χ0) is 14.9. The topological polar surface area (TPSA) is 41.6 Å². The van der Waals surface area contributed by atoms with Crippen molar-refractivity contribution in [2.24, 2.45) is 0 Å². The van der Waals surface area contributed by atoms with Crippen molar-refractivity contribution in [1.82, 2.24) is 10.2 Å². The number of piperidine rings is 1. The summed E-state index contributed by atoms with van der Waals surface area (Å²) in [5.41, 5.74) is 0. The lowest BCUT2D eigenvalue weighted by Crippen LogP contribution is -2.36. The van der Waals surface area contributed by atoms with Crippen molar-refractivity contribution in [2.45, 2.75) is 24.6 Å². The molecule has 4 nitrogen and oxygen atoms in total. The molecule has 2 rings (SSSR count). The Hall–Kier alpha value is -0.560. The molecule has 2 heterocycles. The average Bonchev–Trinajstić information content (AvgIpc) is 3.03. The Morgan fingerprint density at radius 2 is 2.33 bits per heavy atom. The van der Waals surface area contributed by atoms with Crippen LogP contribution in [0.15, 0.2) is 17.5 Å². The number of thioether (sulfide) groups is 1. The number of methoxy groups -OCH3 is 1. The number of nitrogens with one attached hydrogen (secondary N) is 1. The second-order valence-corrected chi connectivity index (χ2v) is 7.47. The molecule has 0 atom stereocenters. The highest BCUT2D eigenvalue weighted by Crippen LogP contribution is 2.21. The Bertz CT molecular complexity index is 406. The second-order valence-electron chi connectivity index (χ2n) is 5.15. The number of thiophene rings is 1. The first kappa shape index (κ1) is 16.8. The minimum absolute atomic E-state index is 0.226. The molecule has 0 bridgehead atoms. The van der Waals surface area contributed by atoms with E-state index in [-0.39, 0.29) is 5.91 Å². The minimum atomic E-state index is 0.226. The predicted molar refractivity (Wildman–Crippen MR) is 90.0 cm³/mol. The highest BCUT2D eigenvalue weighted by atomic mass is 32.2. The number of hydrogen-bond acceptors (Lipinski definition) is 5. The van der Waals surface area contributed by atoms with Crippen LogP contribution in [0, 0.1) is 0 Å². The third kappa shape index (κ3) is 5.98. The van der Waals surface area contributed by atoms with Crippen LogP contribution in [0.3, 0.4) is 0 Å². The number of carbonyl (C=O) groups is 1. The van der Waals surface area contributed by atoms with E-state index in [2.05, 4.69) is 16.8 Å². The van der Waals surface area contributed by atoms with Gasteiger partial charge in [-0.3, -0.25) is 4.79 Å². The van der Waals surface area contributed by atoms with Crippen LogP contribution < -0.4 is 5.32 Å². The molecule has 1 amide bonds. The minimum Gasteiger partial charge on any atom is -0.383 e. The van der Waals surface area contributed by atoms with Gasteiger partial charge in [0.1, 0.15) is 0 Å². The fraction of sp³-hybridized carbons (Fsp3) is 0.667. The Labute approximate surface area is 135 Å². The molecule has 0 unspecified atom stereocenters. The second kappa shape index (κ2) is 9.46. The van der Waals surface area contributed by atoms with Crippen LogP contribution in [0.25, 0.3) is 0 Å². The summed E-state index contributed by atoms with van der Waals surface area (Å²) in [4.78, 5) is 15.6. The van der Waals surface area contributed by atoms with Gasteiger partial charge in [0, 0.05) is 23.8 Å². The maximum Gasteiger partial charge on any atom is 0.232 e. The molecule has 0 saturated carbocycles. The summed E-state index contributed by atoms with van der Waals surface area (Å²) < 4.78 is 5.13. The summed E-state index contributed by atoms with van der Waals surface area (Å²) >= 11 is 3.51. The molecule has 1 saturated heterocycles. The van der Waals surface area contributed by atoms with E-state index in [1.807, 2.05) is 22.7 Å². The van der Waals surface area contributed by atoms with Crippen LogP contribution in [0.5, 0.6) is 0 Å². The zero-order valence-electron chi connectivity index (χ0n) is 12.5. The van der Waals surface area contributed by atoms with Crippen molar-refractivity contribution in [2.75, 3.05) is 39.1 Å². The first-order valence-corrected chi connectivity index (χ1v) is 9.34. The fourth-order valence-corrected chi connectivity index (χ4v) is 4.18. The van der Waals surface area contributed by atoms with Gasteiger partial charge in [0.25, 0.3) is 0 Å². The van der Waals surface area contributed by atoms with Gasteiger partial charge in [0.2, 0.25) is 5.91 Å². The van der Waals surface area contributed by atoms with E-state index < -0.39 is 0 Å². The largest absolute Gasteiger partial charge is 0.383 e. The summed E-state index contributed by atoms with van der Waals surface area (Å²) in [5.74, 6) is 0.809. The van der Waals surface area contributed by atoms with E-state index in [0.717, 1.165) is 13.1 Å². The van der Waals surface area contributed by atoms with E-state index in [4.69, 9.17) is 4.74 Å². The summed E-state index contributed by atoms with van der Waals surface area (Å²) in [6.07, 6.45) is 2.34. The lowest BCUT2D eigenvalue weighted by molar-refractivity contribution is -0.129. The maximum absolute atomic E-state index is 12.5. The Kier molecular flexibility index (Phi) is 7.57. The van der Waals surface area contributed by atoms with Gasteiger partial charge in [0.15, 0.2) is 0 Å². The SMILES string of the molecule is COCCN(Cc1cccs1)C(=O)CSC1CCNCC1. The van der Waals surface area contributed by atoms with Gasteiger partial charge < -0.3 is 15.0 Å². The van der Waals surface area contributed by atoms with Crippen molar-refractivity contribution < 1.29 is 9.53 Å². The Balaban J connectivity index is 1.81. The molecular formula is C15H24N2O2S2. The van der Waals surface area contributed by atoms with Gasteiger partial charge in [-0.15, -0.1) is 23.1 Å². The van der Waals surface area contributed by atoms with E-state index in [9.17, 15) is 4.79 Å². The molecule has 21 heavy (non-hydrogen) atoms. The summed E-state index contributed by atoms with van der Waals surface area (Å²) in [7, 11) is 1.68. The van der Waals surface area contributed by atoms with Gasteiger partial charge in [0.05, 0.1) is 18.9 Å². The lowest BCUT2D eigenvalue weighted by atomic mass is 10.2. The molecule has 1 aliphatic heterocycles. The van der Waals surface area contributed by atoms with E-state index in [1.165, 1.54) is 17.7 Å². The fourth-order valence-electron chi connectivity index (χ4n) is 2.33. The molecule has 0 aliphatic carbocycles. The highest BCUT2D eigenvalue weighted by Gasteiger charge is 2.18. The van der Waals surface area contributed by atoms with E-state index in [0.29, 0.717) is 30.7 Å². The number of amides is 1. The highest BCUT2D eigenvalue weighted by molar-refractivity contribution is 8.00. The van der Waals surface area contributed by atoms with Crippen molar-refractivity contribution >= 4 is 29.0 Å². The lowest BCUT2D eigenvalue weighted by Gasteiger charge is -2.25. The molecule has 0 radical (unpaired) electrons. The summed E-state index contributed by atoms with van der Waals surface area (Å²) in [6.45, 7) is 4.12. The third-order valence-corrected chi connectivity index (χ3v) is 5.79. The smallest absolute Gasteiger partial charge is 0.232 e. The van der Waals surface area contributed by atoms with E-state index in [1.54, 1.807) is 18.4 Å². The molecule has 1 aliphatic rings. The van der Waals surface area contributed by atoms with Crippen molar-refractivity contribution in [3.05, 3.63) is 22.4 Å². The molecule has 1 aromatic heterocycles. The van der Waals surface area contributed by atoms with E-state index >= 15 is 0 Å². The zero-order valence-corrected chi connectivity index (χ0v) is 14.2. The van der Waals surface area contributed by atoms with Crippen LogP contribution in [0.1, 0.15) is 17.7 Å². The Morgan fingerprint density at radius 3 is 3.00 bits per heavy atom. The maximum atomic E-state index is 12.5. The number of nitrogens with zero attached hydrogens (tertiary/aromatic N) is 1. The predicted octanol–water partition coefficient (Wildman–Crippen LogP) is 2.21. The van der Waals surface area contributed by atoms with Crippen molar-refractivity contribution in [3.63, 3.8) is 0 Å². The monoisotopic (exact) mass is 328 g/mol. The van der Waals surface area contributed by atoms with Gasteiger partial charge in [-0.05, 0) is 37.4 Å². The standard InChI is InChI=1S/C15H24N2O2S2/c1-19-9-8-17(11-14-3-2-10-20-14)15(18)12-21-13-4-6-16-7-5-13/h2-3,10,13,16H,4-9,11-12H2,1H3. The molecule has 0 aromatic carbocycles. The van der Waals surface area contributed by atoms with Crippen LogP contribution >= 0.6 is 23.1 Å². The number of rotatable bonds is 8. The van der Waals surface area contributed by atoms with Gasteiger partial charge >= 0.3 is 0 Å². The van der Waals surface area contributed by atoms with Gasteiger partial charge in [-0.25, -0.2) is 0 Å². The average molecular weight is 329 g/mol. The van der Waals surface area contributed by atoms with Crippen molar-refractivity contribution in [1.29, 1.82) is 0 Å². The molecule has 1 N–H and O–H groups in total. The summed E-state index contributed by atoms with van der Waals surface area (Å²) in [6, 6.07) is 4.11. The molecule has 1 fully saturated rings. The van der Waals surface area contributed by atoms with Crippen LogP contribution in [-0.4, -0.2) is 55.2 Å². The normalized spacial score (nSPS) is 16.0. The quantitative estimate of drug-likeness (QED) is 0.794. The molecular weight excluding hydrogens is 304 g/mol. The van der Waals surface area contributed by atoms with Crippen LogP contribution in [0.4, 0.5) is 0 Å². The Morgan fingerprint density at radius 1 is 1.52 bits per heavy atom. The van der Waals surface area contributed by atoms with Crippen molar-refractivity contribution in [3.8, 4) is 0 Å². The molecule has 6 heteroatoms. The first-order valence-electron chi connectivity index (χ1n) is 7.41. The molecule has 1 aromatic rings. The first-order chi connectivity index (χ1) is 10.3. The molecule has 0 spiro atoms.